The SMILES string of the molecule is CCNC(=NCc1ccccc1OC(F)F)NCCc1ccccc1.I. The van der Waals surface area contributed by atoms with Crippen molar-refractivity contribution in [3.05, 3.63) is 65.7 Å². The summed E-state index contributed by atoms with van der Waals surface area (Å²) in [4.78, 5) is 4.45. The quantitative estimate of drug-likeness (QED) is 0.342. The lowest BCUT2D eigenvalue weighted by Gasteiger charge is -2.12. The molecule has 2 aromatic carbocycles. The number of benzene rings is 2. The van der Waals surface area contributed by atoms with Gasteiger partial charge >= 0.3 is 6.61 Å². The molecule has 0 fully saturated rings. The Labute approximate surface area is 170 Å². The molecule has 0 aliphatic rings. The van der Waals surface area contributed by atoms with Crippen LogP contribution in [-0.2, 0) is 13.0 Å². The smallest absolute Gasteiger partial charge is 0.387 e. The fourth-order valence-electron chi connectivity index (χ4n) is 2.32. The molecule has 0 saturated carbocycles. The molecule has 0 saturated heterocycles. The largest absolute Gasteiger partial charge is 0.434 e. The Kier molecular flexibility index (Phi) is 10.6. The van der Waals surface area contributed by atoms with Crippen molar-refractivity contribution in [1.82, 2.24) is 10.6 Å². The molecule has 26 heavy (non-hydrogen) atoms. The Morgan fingerprint density at radius 2 is 1.73 bits per heavy atom. The number of ether oxygens (including phenoxy) is 1. The van der Waals surface area contributed by atoms with E-state index in [2.05, 4.69) is 32.5 Å². The van der Waals surface area contributed by atoms with E-state index >= 15 is 0 Å². The topological polar surface area (TPSA) is 45.7 Å². The van der Waals surface area contributed by atoms with Crippen LogP contribution in [0, 0.1) is 0 Å². The van der Waals surface area contributed by atoms with Crippen LogP contribution in [0.2, 0.25) is 0 Å². The molecular weight excluding hydrogens is 451 g/mol. The molecule has 0 atom stereocenters. The second-order valence-corrected chi connectivity index (χ2v) is 5.34. The normalized spacial score (nSPS) is 11.0. The summed E-state index contributed by atoms with van der Waals surface area (Å²) in [6.07, 6.45) is 0.871. The zero-order valence-corrected chi connectivity index (χ0v) is 17.0. The van der Waals surface area contributed by atoms with E-state index in [0.717, 1.165) is 13.0 Å². The zero-order valence-electron chi connectivity index (χ0n) is 14.6. The number of hydrogen-bond acceptors (Lipinski definition) is 2. The van der Waals surface area contributed by atoms with Crippen molar-refractivity contribution in [2.45, 2.75) is 26.5 Å². The van der Waals surface area contributed by atoms with Gasteiger partial charge in [-0.1, -0.05) is 48.5 Å². The van der Waals surface area contributed by atoms with Crippen molar-refractivity contribution in [3.63, 3.8) is 0 Å². The number of para-hydroxylation sites is 1. The highest BCUT2D eigenvalue weighted by molar-refractivity contribution is 14.0. The van der Waals surface area contributed by atoms with Gasteiger partial charge in [-0.15, -0.1) is 24.0 Å². The molecule has 7 heteroatoms. The van der Waals surface area contributed by atoms with Crippen molar-refractivity contribution < 1.29 is 13.5 Å². The Hall–Kier alpha value is -1.90. The summed E-state index contributed by atoms with van der Waals surface area (Å²) in [6, 6.07) is 16.8. The summed E-state index contributed by atoms with van der Waals surface area (Å²) >= 11 is 0. The van der Waals surface area contributed by atoms with E-state index in [4.69, 9.17) is 0 Å². The van der Waals surface area contributed by atoms with E-state index in [1.165, 1.54) is 11.6 Å². The van der Waals surface area contributed by atoms with Crippen LogP contribution in [-0.4, -0.2) is 25.7 Å². The van der Waals surface area contributed by atoms with Crippen LogP contribution in [0.1, 0.15) is 18.1 Å². The molecule has 0 unspecified atom stereocenters. The summed E-state index contributed by atoms with van der Waals surface area (Å²) in [5.74, 6) is 0.798. The van der Waals surface area contributed by atoms with Crippen molar-refractivity contribution in [2.24, 2.45) is 4.99 Å². The molecule has 142 valence electrons. The predicted molar refractivity (Wildman–Crippen MR) is 111 cm³/mol. The average molecular weight is 475 g/mol. The van der Waals surface area contributed by atoms with Gasteiger partial charge in [-0.05, 0) is 25.0 Å². The number of halogens is 3. The van der Waals surface area contributed by atoms with Crippen LogP contribution in [0.25, 0.3) is 0 Å². The van der Waals surface area contributed by atoms with Gasteiger partial charge in [0, 0.05) is 18.7 Å². The minimum absolute atomic E-state index is 0. The summed E-state index contributed by atoms with van der Waals surface area (Å²) in [7, 11) is 0. The third-order valence-electron chi connectivity index (χ3n) is 3.49. The first-order chi connectivity index (χ1) is 12.2. The summed E-state index contributed by atoms with van der Waals surface area (Å²) in [6.45, 7) is 0.825. The van der Waals surface area contributed by atoms with Crippen molar-refractivity contribution in [2.75, 3.05) is 13.1 Å². The first kappa shape index (κ1) is 22.1. The molecule has 0 aromatic heterocycles. The maximum absolute atomic E-state index is 12.5. The molecule has 2 aromatic rings. The molecule has 0 aliphatic carbocycles. The van der Waals surface area contributed by atoms with Gasteiger partial charge in [0.15, 0.2) is 5.96 Å². The van der Waals surface area contributed by atoms with E-state index in [1.54, 1.807) is 18.2 Å². The van der Waals surface area contributed by atoms with Gasteiger partial charge in [0.1, 0.15) is 5.75 Å². The molecule has 0 bridgehead atoms. The molecule has 0 amide bonds. The molecule has 2 rings (SSSR count). The molecule has 2 N–H and O–H groups in total. The molecule has 0 heterocycles. The monoisotopic (exact) mass is 475 g/mol. The minimum Gasteiger partial charge on any atom is -0.434 e. The molecule has 0 spiro atoms. The van der Waals surface area contributed by atoms with Gasteiger partial charge in [0.2, 0.25) is 0 Å². The van der Waals surface area contributed by atoms with Crippen LogP contribution in [0.3, 0.4) is 0 Å². The molecule has 0 aliphatic heterocycles. The summed E-state index contributed by atoms with van der Waals surface area (Å²) in [5, 5.41) is 6.40. The van der Waals surface area contributed by atoms with Gasteiger partial charge in [-0.2, -0.15) is 8.78 Å². The third-order valence-corrected chi connectivity index (χ3v) is 3.49. The Bertz CT molecular complexity index is 669. The number of nitrogens with one attached hydrogen (secondary N) is 2. The molecule has 4 nitrogen and oxygen atoms in total. The van der Waals surface area contributed by atoms with Crippen LogP contribution in [0.5, 0.6) is 5.75 Å². The van der Waals surface area contributed by atoms with E-state index in [1.807, 2.05) is 25.1 Å². The minimum atomic E-state index is -2.85. The lowest BCUT2D eigenvalue weighted by molar-refractivity contribution is -0.0504. The number of rotatable bonds is 8. The Balaban J connectivity index is 0.00000338. The van der Waals surface area contributed by atoms with Gasteiger partial charge < -0.3 is 15.4 Å². The molecule has 0 radical (unpaired) electrons. The number of guanidine groups is 1. The van der Waals surface area contributed by atoms with Gasteiger partial charge in [0.05, 0.1) is 6.54 Å². The standard InChI is InChI=1S/C19H23F2N3O.HI/c1-2-22-19(23-13-12-15-8-4-3-5-9-15)24-14-16-10-6-7-11-17(16)25-18(20)21;/h3-11,18H,2,12-14H2,1H3,(H2,22,23,24);1H. The maximum atomic E-state index is 12.5. The highest BCUT2D eigenvalue weighted by atomic mass is 127. The van der Waals surface area contributed by atoms with Crippen LogP contribution in [0.15, 0.2) is 59.6 Å². The highest BCUT2D eigenvalue weighted by Gasteiger charge is 2.08. The van der Waals surface area contributed by atoms with Gasteiger partial charge in [-0.3, -0.25) is 0 Å². The van der Waals surface area contributed by atoms with Crippen molar-refractivity contribution in [1.29, 1.82) is 0 Å². The average Bonchev–Trinajstić information content (AvgIpc) is 2.61. The highest BCUT2D eigenvalue weighted by Crippen LogP contribution is 2.20. The van der Waals surface area contributed by atoms with Crippen LogP contribution >= 0.6 is 24.0 Å². The van der Waals surface area contributed by atoms with Crippen LogP contribution in [0.4, 0.5) is 8.78 Å². The van der Waals surface area contributed by atoms with Gasteiger partial charge in [-0.25, -0.2) is 4.99 Å². The Morgan fingerprint density at radius 3 is 2.42 bits per heavy atom. The zero-order chi connectivity index (χ0) is 17.9. The van der Waals surface area contributed by atoms with Crippen molar-refractivity contribution in [3.8, 4) is 5.75 Å². The second-order valence-electron chi connectivity index (χ2n) is 5.34. The number of nitrogens with zero attached hydrogens (tertiary/aromatic N) is 1. The fourth-order valence-corrected chi connectivity index (χ4v) is 2.32. The van der Waals surface area contributed by atoms with E-state index < -0.39 is 6.61 Å². The predicted octanol–water partition coefficient (Wildman–Crippen LogP) is 4.20. The second kappa shape index (κ2) is 12.5. The van der Waals surface area contributed by atoms with E-state index in [-0.39, 0.29) is 36.3 Å². The Morgan fingerprint density at radius 1 is 1.04 bits per heavy atom. The van der Waals surface area contributed by atoms with E-state index in [0.29, 0.717) is 18.1 Å². The number of aliphatic imine (C=N–C) groups is 1. The van der Waals surface area contributed by atoms with Crippen molar-refractivity contribution >= 4 is 29.9 Å². The first-order valence-corrected chi connectivity index (χ1v) is 8.28. The number of hydrogen-bond donors (Lipinski definition) is 2. The third kappa shape index (κ3) is 7.99. The molecular formula is C19H24F2IN3O. The lowest BCUT2D eigenvalue weighted by Crippen LogP contribution is -2.38. The first-order valence-electron chi connectivity index (χ1n) is 8.28. The fraction of sp³-hybridized carbons (Fsp3) is 0.316. The van der Waals surface area contributed by atoms with Crippen LogP contribution < -0.4 is 15.4 Å². The van der Waals surface area contributed by atoms with Gasteiger partial charge in [0.25, 0.3) is 0 Å². The maximum Gasteiger partial charge on any atom is 0.387 e. The summed E-state index contributed by atoms with van der Waals surface area (Å²) in [5.41, 5.74) is 1.85. The van der Waals surface area contributed by atoms with E-state index in [9.17, 15) is 8.78 Å². The number of alkyl halides is 2. The lowest BCUT2D eigenvalue weighted by atomic mass is 10.1. The summed E-state index contributed by atoms with van der Waals surface area (Å²) < 4.78 is 29.5.